The minimum Gasteiger partial charge on any atom is -0.384 e. The van der Waals surface area contributed by atoms with Gasteiger partial charge in [-0.2, -0.15) is 0 Å². The fourth-order valence-corrected chi connectivity index (χ4v) is 4.07. The van der Waals surface area contributed by atoms with Crippen LogP contribution in [0.1, 0.15) is 18.4 Å². The van der Waals surface area contributed by atoms with E-state index in [2.05, 4.69) is 5.32 Å². The maximum absolute atomic E-state index is 12.6. The van der Waals surface area contributed by atoms with E-state index in [1.165, 1.54) is 0 Å². The summed E-state index contributed by atoms with van der Waals surface area (Å²) in [6, 6.07) is 9.97. The molecule has 1 aromatic rings. The van der Waals surface area contributed by atoms with Crippen LogP contribution in [0.4, 0.5) is 0 Å². The molecule has 0 bridgehead atoms. The highest BCUT2D eigenvalue weighted by atomic mass is 35.5. The largest absolute Gasteiger partial charge is 0.384 e. The van der Waals surface area contributed by atoms with Gasteiger partial charge >= 0.3 is 0 Å². The lowest BCUT2D eigenvalue weighted by atomic mass is 9.71. The van der Waals surface area contributed by atoms with Gasteiger partial charge in [0, 0.05) is 26.1 Å². The van der Waals surface area contributed by atoms with Gasteiger partial charge in [0.25, 0.3) is 0 Å². The number of carbonyl (C=O) groups excluding carboxylic acids is 1. The van der Waals surface area contributed by atoms with Crippen molar-refractivity contribution in [1.29, 1.82) is 0 Å². The van der Waals surface area contributed by atoms with Crippen molar-refractivity contribution < 1.29 is 14.3 Å². The van der Waals surface area contributed by atoms with Gasteiger partial charge in [-0.15, -0.1) is 12.4 Å². The molecule has 0 aromatic heterocycles. The lowest BCUT2D eigenvalue weighted by molar-refractivity contribution is -0.136. The van der Waals surface area contributed by atoms with E-state index >= 15 is 0 Å². The number of methoxy groups -OCH3 is 1. The maximum Gasteiger partial charge on any atom is 0.248 e. The van der Waals surface area contributed by atoms with Crippen molar-refractivity contribution in [2.45, 2.75) is 19.4 Å². The molecule has 1 atom stereocenters. The number of nitrogens with one attached hydrogen (secondary N) is 1. The zero-order valence-electron chi connectivity index (χ0n) is 14.9. The lowest BCUT2D eigenvalue weighted by Gasteiger charge is -2.38. The van der Waals surface area contributed by atoms with E-state index in [9.17, 15) is 4.79 Å². The van der Waals surface area contributed by atoms with Crippen molar-refractivity contribution in [2.24, 2.45) is 11.3 Å². The molecule has 1 unspecified atom stereocenters. The summed E-state index contributed by atoms with van der Waals surface area (Å²) in [5, 5.41) is 3.43. The molecule has 25 heavy (non-hydrogen) atoms. The number of piperidine rings is 1. The second-order valence-corrected chi connectivity index (χ2v) is 7.02. The van der Waals surface area contributed by atoms with Crippen molar-refractivity contribution in [3.8, 4) is 0 Å². The Kier molecular flexibility index (Phi) is 7.69. The Hall–Kier alpha value is -1.14. The van der Waals surface area contributed by atoms with E-state index in [4.69, 9.17) is 9.47 Å². The molecule has 5 nitrogen and oxygen atoms in total. The molecule has 2 aliphatic rings. The number of carbonyl (C=O) groups is 1. The van der Waals surface area contributed by atoms with Gasteiger partial charge in [-0.1, -0.05) is 30.3 Å². The second kappa shape index (κ2) is 9.53. The Bertz CT molecular complexity index is 535. The zero-order chi connectivity index (χ0) is 16.8. The van der Waals surface area contributed by atoms with Crippen LogP contribution >= 0.6 is 12.4 Å². The number of ether oxygens (including phenoxy) is 2. The fraction of sp³-hybridized carbons (Fsp3) is 0.632. The van der Waals surface area contributed by atoms with Gasteiger partial charge in [0.2, 0.25) is 5.91 Å². The number of likely N-dealkylation sites (tertiary alicyclic amines) is 1. The molecule has 1 amide bonds. The normalized spacial score (nSPS) is 22.0. The summed E-state index contributed by atoms with van der Waals surface area (Å²) in [4.78, 5) is 14.5. The van der Waals surface area contributed by atoms with Crippen molar-refractivity contribution in [2.75, 3.05) is 46.5 Å². The molecule has 2 saturated heterocycles. The van der Waals surface area contributed by atoms with Crippen LogP contribution in [0.15, 0.2) is 30.3 Å². The van der Waals surface area contributed by atoms with Gasteiger partial charge in [-0.3, -0.25) is 4.79 Å². The summed E-state index contributed by atoms with van der Waals surface area (Å²) >= 11 is 0. The Morgan fingerprint density at radius 1 is 1.28 bits per heavy atom. The molecule has 0 saturated carbocycles. The second-order valence-electron chi connectivity index (χ2n) is 7.02. The highest BCUT2D eigenvalue weighted by Crippen LogP contribution is 2.43. The molecular formula is C19H29ClN2O3. The molecule has 1 spiro atoms. The Morgan fingerprint density at radius 3 is 2.68 bits per heavy atom. The monoisotopic (exact) mass is 368 g/mol. The third-order valence-corrected chi connectivity index (χ3v) is 5.47. The van der Waals surface area contributed by atoms with Crippen molar-refractivity contribution in [3.63, 3.8) is 0 Å². The van der Waals surface area contributed by atoms with Crippen LogP contribution in [0.2, 0.25) is 0 Å². The number of hydrogen-bond donors (Lipinski definition) is 1. The molecule has 140 valence electrons. The summed E-state index contributed by atoms with van der Waals surface area (Å²) in [6.45, 7) is 5.08. The predicted molar refractivity (Wildman–Crippen MR) is 99.8 cm³/mol. The molecule has 2 heterocycles. The van der Waals surface area contributed by atoms with E-state index in [-0.39, 0.29) is 30.3 Å². The van der Waals surface area contributed by atoms with E-state index in [0.29, 0.717) is 12.5 Å². The molecule has 1 N–H and O–H groups in total. The zero-order valence-corrected chi connectivity index (χ0v) is 15.7. The maximum atomic E-state index is 12.6. The number of rotatable bonds is 6. The smallest absolute Gasteiger partial charge is 0.248 e. The first kappa shape index (κ1) is 20.2. The fourth-order valence-electron chi connectivity index (χ4n) is 4.07. The van der Waals surface area contributed by atoms with Crippen molar-refractivity contribution in [3.05, 3.63) is 35.9 Å². The summed E-state index contributed by atoms with van der Waals surface area (Å²) < 4.78 is 11.1. The highest BCUT2D eigenvalue weighted by Gasteiger charge is 2.47. The van der Waals surface area contributed by atoms with Crippen LogP contribution in [-0.2, 0) is 20.9 Å². The molecule has 6 heteroatoms. The van der Waals surface area contributed by atoms with Gasteiger partial charge in [0.05, 0.1) is 13.2 Å². The Morgan fingerprint density at radius 2 is 2.00 bits per heavy atom. The number of halogens is 1. The average Bonchev–Trinajstić information content (AvgIpc) is 2.95. The van der Waals surface area contributed by atoms with E-state index in [1.54, 1.807) is 7.11 Å². The van der Waals surface area contributed by atoms with Crippen LogP contribution < -0.4 is 5.32 Å². The lowest BCUT2D eigenvalue weighted by Crippen LogP contribution is -2.43. The SMILES string of the molecule is COCC1CN(C(=O)COCc2ccccc2)CC12CCNCC2.Cl. The number of hydrogen-bond acceptors (Lipinski definition) is 4. The first-order valence-electron chi connectivity index (χ1n) is 8.83. The van der Waals surface area contributed by atoms with Crippen LogP contribution in [0.5, 0.6) is 0 Å². The van der Waals surface area contributed by atoms with Crippen LogP contribution in [0.3, 0.4) is 0 Å². The Labute approximate surface area is 156 Å². The third-order valence-electron chi connectivity index (χ3n) is 5.47. The topological polar surface area (TPSA) is 50.8 Å². The molecule has 2 aliphatic heterocycles. The molecule has 1 aromatic carbocycles. The quantitative estimate of drug-likeness (QED) is 0.835. The van der Waals surface area contributed by atoms with Crippen LogP contribution in [-0.4, -0.2) is 57.3 Å². The van der Waals surface area contributed by atoms with Gasteiger partial charge in [0.1, 0.15) is 6.61 Å². The van der Waals surface area contributed by atoms with Crippen molar-refractivity contribution in [1.82, 2.24) is 10.2 Å². The van der Waals surface area contributed by atoms with E-state index in [0.717, 1.165) is 51.2 Å². The third kappa shape index (κ3) is 4.94. The number of nitrogens with zero attached hydrogens (tertiary/aromatic N) is 1. The predicted octanol–water partition coefficient (Wildman–Crippen LogP) is 2.10. The Balaban J connectivity index is 0.00000225. The summed E-state index contributed by atoms with van der Waals surface area (Å²) in [7, 11) is 1.75. The minimum atomic E-state index is 0. The first-order valence-corrected chi connectivity index (χ1v) is 8.83. The van der Waals surface area contributed by atoms with Gasteiger partial charge < -0.3 is 19.7 Å². The van der Waals surface area contributed by atoms with Gasteiger partial charge in [0.15, 0.2) is 0 Å². The molecule has 0 aliphatic carbocycles. The number of amides is 1. The van der Waals surface area contributed by atoms with E-state index < -0.39 is 0 Å². The minimum absolute atomic E-state index is 0. The first-order chi connectivity index (χ1) is 11.7. The standard InChI is InChI=1S/C19H28N2O3.ClH/c1-23-13-17-11-21(15-19(17)7-9-20-10-8-19)18(22)14-24-12-16-5-3-2-4-6-16;/h2-6,17,20H,7-15H2,1H3;1H. The number of benzene rings is 1. The van der Waals surface area contributed by atoms with Gasteiger partial charge in [-0.25, -0.2) is 0 Å². The molecule has 0 radical (unpaired) electrons. The highest BCUT2D eigenvalue weighted by molar-refractivity contribution is 5.85. The molecular weight excluding hydrogens is 340 g/mol. The average molecular weight is 369 g/mol. The van der Waals surface area contributed by atoms with Crippen molar-refractivity contribution >= 4 is 18.3 Å². The summed E-state index contributed by atoms with van der Waals surface area (Å²) in [6.07, 6.45) is 2.24. The summed E-state index contributed by atoms with van der Waals surface area (Å²) in [5.41, 5.74) is 1.31. The molecule has 3 rings (SSSR count). The van der Waals surface area contributed by atoms with Crippen LogP contribution in [0, 0.1) is 11.3 Å². The van der Waals surface area contributed by atoms with Crippen LogP contribution in [0.25, 0.3) is 0 Å². The van der Waals surface area contributed by atoms with Gasteiger partial charge in [-0.05, 0) is 36.9 Å². The summed E-state index contributed by atoms with van der Waals surface area (Å²) in [5.74, 6) is 0.533. The van der Waals surface area contributed by atoms with E-state index in [1.807, 2.05) is 35.2 Å². The molecule has 2 fully saturated rings.